The van der Waals surface area contributed by atoms with E-state index in [9.17, 15) is 0 Å². The minimum atomic E-state index is 0.111. The Kier molecular flexibility index (Phi) is 5.76. The van der Waals surface area contributed by atoms with Gasteiger partial charge in [0, 0.05) is 30.9 Å². The van der Waals surface area contributed by atoms with Crippen LogP contribution in [0.5, 0.6) is 0 Å². The summed E-state index contributed by atoms with van der Waals surface area (Å²) in [5, 5.41) is 12.5. The molecule has 4 heteroatoms. The predicted octanol–water partition coefficient (Wildman–Crippen LogP) is 2.18. The van der Waals surface area contributed by atoms with Crippen molar-refractivity contribution in [1.29, 1.82) is 0 Å². The molecule has 4 nitrogen and oxygen atoms in total. The number of aliphatic hydroxyl groups excluding tert-OH is 1. The van der Waals surface area contributed by atoms with Gasteiger partial charge in [-0.05, 0) is 46.2 Å². The van der Waals surface area contributed by atoms with E-state index in [2.05, 4.69) is 55.9 Å². The number of anilines is 1. The van der Waals surface area contributed by atoms with E-state index in [4.69, 9.17) is 5.11 Å². The minimum absolute atomic E-state index is 0.111. The first-order valence-corrected chi connectivity index (χ1v) is 6.91. The molecule has 0 spiro atoms. The van der Waals surface area contributed by atoms with Gasteiger partial charge < -0.3 is 15.3 Å². The number of aliphatic hydroxyl groups is 1. The summed E-state index contributed by atoms with van der Waals surface area (Å²) in [6.07, 6.45) is 1.90. The van der Waals surface area contributed by atoms with Crippen molar-refractivity contribution >= 4 is 5.82 Å². The normalized spacial score (nSPS) is 11.9. The van der Waals surface area contributed by atoms with E-state index in [-0.39, 0.29) is 12.1 Å². The zero-order valence-corrected chi connectivity index (χ0v) is 12.8. The first kappa shape index (κ1) is 15.9. The molecule has 19 heavy (non-hydrogen) atoms. The molecule has 1 rings (SSSR count). The first-order valence-electron chi connectivity index (χ1n) is 6.91. The van der Waals surface area contributed by atoms with Crippen molar-refractivity contribution in [2.45, 2.75) is 52.7 Å². The van der Waals surface area contributed by atoms with Crippen LogP contribution < -0.4 is 10.2 Å². The minimum Gasteiger partial charge on any atom is -0.395 e. The smallest absolute Gasteiger partial charge is 0.128 e. The summed E-state index contributed by atoms with van der Waals surface area (Å²) in [5.41, 5.74) is 1.28. The Morgan fingerprint density at radius 2 is 2.00 bits per heavy atom. The third-order valence-corrected chi connectivity index (χ3v) is 2.89. The lowest BCUT2D eigenvalue weighted by Crippen LogP contribution is -2.35. The molecule has 1 aromatic rings. The number of aromatic nitrogens is 1. The van der Waals surface area contributed by atoms with Crippen LogP contribution in [0, 0.1) is 0 Å². The van der Waals surface area contributed by atoms with Crippen LogP contribution >= 0.6 is 0 Å². The van der Waals surface area contributed by atoms with Crippen molar-refractivity contribution in [3.63, 3.8) is 0 Å². The van der Waals surface area contributed by atoms with Crippen molar-refractivity contribution in [1.82, 2.24) is 10.3 Å². The molecule has 0 bridgehead atoms. The average Bonchev–Trinajstić information content (AvgIpc) is 2.33. The lowest BCUT2D eigenvalue weighted by atomic mass is 10.1. The van der Waals surface area contributed by atoms with Crippen molar-refractivity contribution in [3.05, 3.63) is 23.9 Å². The van der Waals surface area contributed by atoms with Crippen LogP contribution in [-0.4, -0.2) is 34.8 Å². The molecule has 0 aliphatic carbocycles. The predicted molar refractivity (Wildman–Crippen MR) is 80.4 cm³/mol. The van der Waals surface area contributed by atoms with E-state index in [0.29, 0.717) is 12.6 Å². The standard InChI is InChI=1S/C15H27N3O/c1-12(2)18(8-9-19)14-7-6-13(10-16-14)11-17-15(3,4)5/h6-7,10,12,17,19H,8-9,11H2,1-5H3. The van der Waals surface area contributed by atoms with Crippen molar-refractivity contribution < 1.29 is 5.11 Å². The fourth-order valence-electron chi connectivity index (χ4n) is 1.80. The summed E-state index contributed by atoms with van der Waals surface area (Å²) in [6.45, 7) is 12.2. The van der Waals surface area contributed by atoms with Crippen LogP contribution in [0.3, 0.4) is 0 Å². The number of rotatable bonds is 6. The van der Waals surface area contributed by atoms with Gasteiger partial charge in [-0.3, -0.25) is 0 Å². The molecule has 1 heterocycles. The van der Waals surface area contributed by atoms with Gasteiger partial charge in [0.15, 0.2) is 0 Å². The van der Waals surface area contributed by atoms with Gasteiger partial charge in [-0.15, -0.1) is 0 Å². The SMILES string of the molecule is CC(C)N(CCO)c1ccc(CNC(C)(C)C)cn1. The van der Waals surface area contributed by atoms with Crippen LogP contribution in [0.2, 0.25) is 0 Å². The van der Waals surface area contributed by atoms with E-state index >= 15 is 0 Å². The quantitative estimate of drug-likeness (QED) is 0.827. The largest absolute Gasteiger partial charge is 0.395 e. The van der Waals surface area contributed by atoms with E-state index in [0.717, 1.165) is 12.4 Å². The first-order chi connectivity index (χ1) is 8.83. The van der Waals surface area contributed by atoms with E-state index in [1.54, 1.807) is 0 Å². The fraction of sp³-hybridized carbons (Fsp3) is 0.667. The maximum Gasteiger partial charge on any atom is 0.128 e. The van der Waals surface area contributed by atoms with Gasteiger partial charge in [-0.2, -0.15) is 0 Å². The van der Waals surface area contributed by atoms with Gasteiger partial charge >= 0.3 is 0 Å². The molecule has 0 radical (unpaired) electrons. The molecule has 1 aromatic heterocycles. The summed E-state index contributed by atoms with van der Waals surface area (Å²) in [4.78, 5) is 6.59. The van der Waals surface area contributed by atoms with E-state index < -0.39 is 0 Å². The van der Waals surface area contributed by atoms with Crippen LogP contribution in [0.1, 0.15) is 40.2 Å². The van der Waals surface area contributed by atoms with Gasteiger partial charge in [0.2, 0.25) is 0 Å². The van der Waals surface area contributed by atoms with Crippen LogP contribution in [0.25, 0.3) is 0 Å². The monoisotopic (exact) mass is 265 g/mol. The molecule has 0 atom stereocenters. The summed E-state index contributed by atoms with van der Waals surface area (Å²) in [6, 6.07) is 4.45. The zero-order valence-electron chi connectivity index (χ0n) is 12.8. The second kappa shape index (κ2) is 6.87. The third-order valence-electron chi connectivity index (χ3n) is 2.89. The maximum absolute atomic E-state index is 9.10. The Morgan fingerprint density at radius 3 is 2.42 bits per heavy atom. The number of nitrogens with zero attached hydrogens (tertiary/aromatic N) is 2. The molecular formula is C15H27N3O. The van der Waals surface area contributed by atoms with Crippen molar-refractivity contribution in [3.8, 4) is 0 Å². The van der Waals surface area contributed by atoms with Gasteiger partial charge in [-0.1, -0.05) is 6.07 Å². The number of pyridine rings is 1. The molecule has 108 valence electrons. The molecule has 0 saturated heterocycles. The summed E-state index contributed by atoms with van der Waals surface area (Å²) in [7, 11) is 0. The molecule has 0 saturated carbocycles. The van der Waals surface area contributed by atoms with Crippen LogP contribution in [-0.2, 0) is 6.54 Å². The number of hydrogen-bond donors (Lipinski definition) is 2. The second-order valence-electron chi connectivity index (χ2n) is 6.14. The Bertz CT molecular complexity index is 368. The molecule has 0 amide bonds. The second-order valence-corrected chi connectivity index (χ2v) is 6.14. The van der Waals surface area contributed by atoms with Crippen molar-refractivity contribution in [2.24, 2.45) is 0 Å². The molecule has 0 fully saturated rings. The molecule has 0 aromatic carbocycles. The lowest BCUT2D eigenvalue weighted by molar-refractivity contribution is 0.298. The summed E-state index contributed by atoms with van der Waals surface area (Å²) in [5.74, 6) is 0.920. The highest BCUT2D eigenvalue weighted by atomic mass is 16.3. The highest BCUT2D eigenvalue weighted by molar-refractivity contribution is 5.40. The van der Waals surface area contributed by atoms with Gasteiger partial charge in [0.25, 0.3) is 0 Å². The van der Waals surface area contributed by atoms with Gasteiger partial charge in [-0.25, -0.2) is 4.98 Å². The zero-order chi connectivity index (χ0) is 14.5. The van der Waals surface area contributed by atoms with Crippen molar-refractivity contribution in [2.75, 3.05) is 18.1 Å². The fourth-order valence-corrected chi connectivity index (χ4v) is 1.80. The molecule has 0 aliphatic heterocycles. The molecule has 0 unspecified atom stereocenters. The summed E-state index contributed by atoms with van der Waals surface area (Å²) >= 11 is 0. The Morgan fingerprint density at radius 1 is 1.32 bits per heavy atom. The van der Waals surface area contributed by atoms with E-state index in [1.165, 1.54) is 5.56 Å². The summed E-state index contributed by atoms with van der Waals surface area (Å²) < 4.78 is 0. The Hall–Kier alpha value is -1.13. The molecular weight excluding hydrogens is 238 g/mol. The maximum atomic E-state index is 9.10. The van der Waals surface area contributed by atoms with Crippen LogP contribution in [0.15, 0.2) is 18.3 Å². The van der Waals surface area contributed by atoms with Gasteiger partial charge in [0.05, 0.1) is 6.61 Å². The Balaban J connectivity index is 2.69. The molecule has 0 aliphatic rings. The third kappa shape index (κ3) is 5.57. The topological polar surface area (TPSA) is 48.4 Å². The Labute approximate surface area is 116 Å². The number of hydrogen-bond acceptors (Lipinski definition) is 4. The lowest BCUT2D eigenvalue weighted by Gasteiger charge is -2.27. The number of nitrogens with one attached hydrogen (secondary N) is 1. The average molecular weight is 265 g/mol. The van der Waals surface area contributed by atoms with Crippen LogP contribution in [0.4, 0.5) is 5.82 Å². The van der Waals surface area contributed by atoms with E-state index in [1.807, 2.05) is 12.3 Å². The molecule has 2 N–H and O–H groups in total. The highest BCUT2D eigenvalue weighted by Crippen LogP contribution is 2.14. The highest BCUT2D eigenvalue weighted by Gasteiger charge is 2.12. The van der Waals surface area contributed by atoms with Gasteiger partial charge in [0.1, 0.15) is 5.82 Å².